The number of aliphatic imine (C=N–C) groups is 1. The second kappa shape index (κ2) is 7.52. The Morgan fingerprint density at radius 3 is 2.73 bits per heavy atom. The largest absolute Gasteiger partial charge is 0.456 e. The molecule has 33 heavy (non-hydrogen) atoms. The lowest BCUT2D eigenvalue weighted by molar-refractivity contribution is -0.839. The van der Waals surface area contributed by atoms with Crippen LogP contribution in [0.3, 0.4) is 0 Å². The van der Waals surface area contributed by atoms with Crippen LogP contribution in [0.2, 0.25) is 5.02 Å². The fourth-order valence-electron chi connectivity index (χ4n) is 4.77. The molecule has 3 heterocycles. The van der Waals surface area contributed by atoms with E-state index in [1.54, 1.807) is 6.92 Å². The summed E-state index contributed by atoms with van der Waals surface area (Å²) < 4.78 is 59.8. The zero-order valence-corrected chi connectivity index (χ0v) is 17.7. The predicted molar refractivity (Wildman–Crippen MR) is 105 cm³/mol. The number of nitrogens with zero attached hydrogens (tertiary/aromatic N) is 3. The van der Waals surface area contributed by atoms with Gasteiger partial charge in [0.05, 0.1) is 35.2 Å². The number of rotatable bonds is 3. The number of guanidine groups is 2. The smallest absolute Gasteiger partial charge is 0.416 e. The molecule has 1 spiro atoms. The molecule has 15 heteroatoms. The van der Waals surface area contributed by atoms with E-state index in [1.165, 1.54) is 4.90 Å². The van der Waals surface area contributed by atoms with Gasteiger partial charge in [0, 0.05) is 0 Å². The Labute approximate surface area is 189 Å². The number of carbonyl (C=O) groups is 1. The maximum atomic E-state index is 14.4. The van der Waals surface area contributed by atoms with Crippen LogP contribution in [-0.2, 0) is 10.9 Å². The first kappa shape index (κ1) is 23.2. The van der Waals surface area contributed by atoms with Crippen LogP contribution in [0.15, 0.2) is 17.1 Å². The number of hydrogen-bond acceptors (Lipinski definition) is 9. The Hall–Kier alpha value is -3.00. The van der Waals surface area contributed by atoms with E-state index < -0.39 is 70.5 Å². The lowest BCUT2D eigenvalue weighted by atomic mass is 9.83. The quantitative estimate of drug-likeness (QED) is 0.171. The highest BCUT2D eigenvalue weighted by molar-refractivity contribution is 6.31. The van der Waals surface area contributed by atoms with Gasteiger partial charge in [-0.3, -0.25) is 16.0 Å². The van der Waals surface area contributed by atoms with E-state index in [-0.39, 0.29) is 18.5 Å². The minimum absolute atomic E-state index is 0.0838. The van der Waals surface area contributed by atoms with Crippen LogP contribution >= 0.6 is 11.6 Å². The van der Waals surface area contributed by atoms with Crippen molar-refractivity contribution in [3.63, 3.8) is 0 Å². The number of esters is 1. The van der Waals surface area contributed by atoms with Crippen LogP contribution in [0.25, 0.3) is 0 Å². The number of hydroxylamine groups is 1. The Kier molecular flexibility index (Phi) is 5.28. The minimum Gasteiger partial charge on any atom is -0.456 e. The minimum atomic E-state index is -4.87. The first-order chi connectivity index (χ1) is 15.3. The van der Waals surface area contributed by atoms with E-state index in [0.29, 0.717) is 16.9 Å². The molecule has 0 aliphatic carbocycles. The lowest BCUT2D eigenvalue weighted by Gasteiger charge is -2.43. The molecule has 3 aliphatic heterocycles. The molecule has 180 valence electrons. The summed E-state index contributed by atoms with van der Waals surface area (Å²) in [5.74, 6) is -3.77. The highest BCUT2D eigenvalue weighted by Crippen LogP contribution is 2.45. The molecule has 7 N–H and O–H groups in total. The molecule has 0 saturated carbocycles. The fourth-order valence-corrected chi connectivity index (χ4v) is 4.99. The molecule has 0 amide bonds. The average molecular weight is 496 g/mol. The van der Waals surface area contributed by atoms with Gasteiger partial charge < -0.3 is 20.8 Å². The summed E-state index contributed by atoms with van der Waals surface area (Å²) in [5.41, 5.74) is 8.13. The highest BCUT2D eigenvalue weighted by Gasteiger charge is 2.71. The number of aliphatic hydroxyl groups excluding tert-OH is 1. The first-order valence-electron chi connectivity index (χ1n) is 9.71. The predicted octanol–water partition coefficient (Wildman–Crippen LogP) is 0.0487. The van der Waals surface area contributed by atoms with Crippen molar-refractivity contribution in [1.82, 2.24) is 10.2 Å². The number of nitrogens with two attached hydrogens (primary N) is 2. The van der Waals surface area contributed by atoms with Crippen LogP contribution in [-0.4, -0.2) is 74.8 Å². The van der Waals surface area contributed by atoms with Gasteiger partial charge >= 0.3 is 18.1 Å². The maximum Gasteiger partial charge on any atom is 0.416 e. The molecule has 0 aromatic heterocycles. The molecule has 1 aromatic carbocycles. The van der Waals surface area contributed by atoms with Crippen molar-refractivity contribution < 1.29 is 42.1 Å². The van der Waals surface area contributed by atoms with Gasteiger partial charge in [-0.05, 0) is 12.1 Å². The normalized spacial score (nSPS) is 31.1. The first-order valence-corrected chi connectivity index (χ1v) is 10.1. The number of ether oxygens (including phenoxy) is 1. The van der Waals surface area contributed by atoms with E-state index in [2.05, 4.69) is 10.3 Å². The van der Waals surface area contributed by atoms with Crippen LogP contribution in [0.4, 0.5) is 17.6 Å². The molecular weight excluding hydrogens is 476 g/mol. The summed E-state index contributed by atoms with van der Waals surface area (Å²) in [6, 6.07) is -0.906. The van der Waals surface area contributed by atoms with Gasteiger partial charge in [-0.1, -0.05) is 23.3 Å². The number of halogens is 5. The van der Waals surface area contributed by atoms with E-state index in [9.17, 15) is 32.7 Å². The van der Waals surface area contributed by atoms with Gasteiger partial charge in [-0.25, -0.2) is 14.2 Å². The van der Waals surface area contributed by atoms with Gasteiger partial charge in [0.25, 0.3) is 0 Å². The molecule has 1 aromatic rings. The van der Waals surface area contributed by atoms with Crippen molar-refractivity contribution in [2.75, 3.05) is 13.2 Å². The maximum absolute atomic E-state index is 14.4. The van der Waals surface area contributed by atoms with E-state index in [1.807, 2.05) is 0 Å². The van der Waals surface area contributed by atoms with Crippen molar-refractivity contribution in [3.05, 3.63) is 34.1 Å². The second-order valence-electron chi connectivity index (χ2n) is 8.00. The number of benzene rings is 1. The Bertz CT molecular complexity index is 1080. The Morgan fingerprint density at radius 2 is 2.12 bits per heavy atom. The van der Waals surface area contributed by atoms with Gasteiger partial charge in [0.2, 0.25) is 5.66 Å². The van der Waals surface area contributed by atoms with Crippen molar-refractivity contribution in [2.45, 2.75) is 37.0 Å². The third-order valence-electron chi connectivity index (χ3n) is 6.33. The van der Waals surface area contributed by atoms with Crippen LogP contribution in [0.5, 0.6) is 0 Å². The van der Waals surface area contributed by atoms with Crippen molar-refractivity contribution in [1.29, 1.82) is 0 Å². The number of alkyl halides is 3. The van der Waals surface area contributed by atoms with E-state index in [4.69, 9.17) is 27.8 Å². The summed E-state index contributed by atoms with van der Waals surface area (Å²) in [4.78, 5) is 18.3. The summed E-state index contributed by atoms with van der Waals surface area (Å²) in [5, 5.41) is 22.4. The van der Waals surface area contributed by atoms with Crippen molar-refractivity contribution in [3.8, 4) is 0 Å². The van der Waals surface area contributed by atoms with Gasteiger partial charge in [0.1, 0.15) is 12.1 Å². The van der Waals surface area contributed by atoms with Crippen LogP contribution in [0.1, 0.15) is 22.8 Å². The van der Waals surface area contributed by atoms with Gasteiger partial charge in [-0.15, -0.1) is 0 Å². The van der Waals surface area contributed by atoms with Crippen LogP contribution < -0.4 is 16.8 Å². The number of carbonyl (C=O) groups excluding carboxylic acids is 1. The third-order valence-corrected chi connectivity index (χ3v) is 6.61. The zero-order valence-electron chi connectivity index (χ0n) is 17.0. The zero-order chi connectivity index (χ0) is 24.5. The molecule has 4 rings (SSSR count). The Morgan fingerprint density at radius 1 is 1.45 bits per heavy atom. The number of nitrogens with one attached hydrogen (secondary N) is 1. The third kappa shape index (κ3) is 3.22. The van der Waals surface area contributed by atoms with Crippen LogP contribution in [0, 0.1) is 11.7 Å². The molecule has 3 unspecified atom stereocenters. The fraction of sp³-hybridized carbons (Fsp3) is 0.500. The van der Waals surface area contributed by atoms with Gasteiger partial charge in [0.15, 0.2) is 17.8 Å². The molecule has 0 radical (unpaired) electrons. The van der Waals surface area contributed by atoms with Gasteiger partial charge in [-0.2, -0.15) is 13.2 Å². The summed E-state index contributed by atoms with van der Waals surface area (Å²) in [7, 11) is 0. The standard InChI is InChI=1S/C18H19ClF4N6O4/c1-6-11(33-14(31)8-2-7(18(21,22)23)3-9(19)12(8)20)4-28-15(24)26-10(5-30)13-17(6,28)29(32)16(25)27-13/h2-3,6,10-11,13,30,32H,4-5H2,1H3,(H4,24,25,26,27)/p+1/t6?,10-,11-,13?,17?/m0/s1. The summed E-state index contributed by atoms with van der Waals surface area (Å²) in [6.07, 6.45) is -5.95. The monoisotopic (exact) mass is 495 g/mol. The molecule has 5 atom stereocenters. The highest BCUT2D eigenvalue weighted by atomic mass is 35.5. The lowest BCUT2D eigenvalue weighted by Crippen LogP contribution is -2.70. The topological polar surface area (TPSA) is 149 Å². The molecule has 1 saturated heterocycles. The van der Waals surface area contributed by atoms with E-state index in [0.717, 1.165) is 0 Å². The SMILES string of the molecule is CC1[C@@H](OC(=O)c2cc(C(F)(F)F)cc(Cl)c2F)CN2C(N)=N[C@@H](CO)C3NC(N)=[N+](O)C312. The number of aliphatic hydroxyl groups is 1. The summed E-state index contributed by atoms with van der Waals surface area (Å²) >= 11 is 5.56. The molecule has 3 aliphatic rings. The molecule has 10 nitrogen and oxygen atoms in total. The average Bonchev–Trinajstić information content (AvgIpc) is 3.18. The second-order valence-corrected chi connectivity index (χ2v) is 8.41. The molecule has 1 fully saturated rings. The molecular formula is C18H20ClF4N6O4+. The van der Waals surface area contributed by atoms with Crippen molar-refractivity contribution >= 4 is 29.5 Å². The summed E-state index contributed by atoms with van der Waals surface area (Å²) in [6.45, 7) is 0.994. The number of hydrogen-bond donors (Lipinski definition) is 5. The Balaban J connectivity index is 1.69. The van der Waals surface area contributed by atoms with E-state index >= 15 is 0 Å². The molecule has 0 bridgehead atoms. The van der Waals surface area contributed by atoms with Crippen molar-refractivity contribution in [2.24, 2.45) is 22.4 Å².